The molecular formula is C35H41ClN6S. The summed E-state index contributed by atoms with van der Waals surface area (Å²) in [5.41, 5.74) is 8.89. The molecule has 2 saturated heterocycles. The van der Waals surface area contributed by atoms with Crippen LogP contribution in [0.1, 0.15) is 55.0 Å². The van der Waals surface area contributed by atoms with Crippen molar-refractivity contribution >= 4 is 46.0 Å². The third-order valence-electron chi connectivity index (χ3n) is 8.93. The van der Waals surface area contributed by atoms with Crippen LogP contribution in [0.4, 0.5) is 17.1 Å². The van der Waals surface area contributed by atoms with Crippen LogP contribution in [-0.4, -0.2) is 41.8 Å². The fraction of sp³-hybridized carbons (Fsp3) is 0.371. The van der Waals surface area contributed by atoms with Crippen molar-refractivity contribution in [2.75, 3.05) is 41.9 Å². The molecule has 224 valence electrons. The predicted molar refractivity (Wildman–Crippen MR) is 184 cm³/mol. The lowest BCUT2D eigenvalue weighted by molar-refractivity contribution is 0.357. The van der Waals surface area contributed by atoms with E-state index in [-0.39, 0.29) is 12.1 Å². The van der Waals surface area contributed by atoms with E-state index in [1.165, 1.54) is 29.1 Å². The molecule has 2 fully saturated rings. The first-order valence-corrected chi connectivity index (χ1v) is 15.9. The Kier molecular flexibility index (Phi) is 8.14. The zero-order chi connectivity index (χ0) is 30.4. The van der Waals surface area contributed by atoms with E-state index in [1.807, 2.05) is 18.3 Å². The van der Waals surface area contributed by atoms with Crippen molar-refractivity contribution in [3.05, 3.63) is 101 Å². The number of anilines is 3. The number of piperidine rings is 1. The van der Waals surface area contributed by atoms with Crippen molar-refractivity contribution in [1.82, 2.24) is 14.9 Å². The highest BCUT2D eigenvalue weighted by Crippen LogP contribution is 2.45. The smallest absolute Gasteiger partial charge is 0.174 e. The first-order valence-electron chi connectivity index (χ1n) is 15.1. The van der Waals surface area contributed by atoms with E-state index in [0.717, 1.165) is 40.9 Å². The molecule has 8 heteroatoms. The molecule has 43 heavy (non-hydrogen) atoms. The normalized spacial score (nSPS) is 22.2. The Hall–Kier alpha value is -3.55. The van der Waals surface area contributed by atoms with Crippen LogP contribution in [0, 0.1) is 25.7 Å². The Labute approximate surface area is 266 Å². The van der Waals surface area contributed by atoms with Gasteiger partial charge in [-0.15, -0.1) is 0 Å². The summed E-state index contributed by atoms with van der Waals surface area (Å²) in [6.45, 7) is 11.1. The van der Waals surface area contributed by atoms with E-state index in [0.29, 0.717) is 16.9 Å². The zero-order valence-corrected chi connectivity index (χ0v) is 27.5. The van der Waals surface area contributed by atoms with Gasteiger partial charge in [-0.3, -0.25) is 4.98 Å². The first-order chi connectivity index (χ1) is 20.6. The summed E-state index contributed by atoms with van der Waals surface area (Å²) in [6.07, 6.45) is 3.11. The van der Waals surface area contributed by atoms with Gasteiger partial charge >= 0.3 is 0 Å². The molecule has 0 bridgehead atoms. The summed E-state index contributed by atoms with van der Waals surface area (Å²) in [4.78, 5) is 11.5. The third-order valence-corrected chi connectivity index (χ3v) is 9.55. The van der Waals surface area contributed by atoms with Crippen LogP contribution in [0.15, 0.2) is 72.9 Å². The van der Waals surface area contributed by atoms with Gasteiger partial charge < -0.3 is 24.6 Å². The van der Waals surface area contributed by atoms with Crippen molar-refractivity contribution in [3.8, 4) is 5.69 Å². The molecule has 2 aliphatic rings. The number of aryl methyl sites for hydroxylation is 1. The topological polar surface area (TPSA) is 39.6 Å². The molecule has 0 aliphatic carbocycles. The molecule has 2 aromatic carbocycles. The number of aromatic nitrogens is 2. The third kappa shape index (κ3) is 5.61. The highest BCUT2D eigenvalue weighted by molar-refractivity contribution is 7.80. The lowest BCUT2D eigenvalue weighted by Gasteiger charge is -2.37. The number of thiocarbonyl (C=S) groups is 1. The summed E-state index contributed by atoms with van der Waals surface area (Å²) in [5, 5.41) is 5.05. The number of nitrogens with one attached hydrogen (secondary N) is 1. The molecule has 1 N–H and O–H groups in total. The van der Waals surface area contributed by atoms with Crippen molar-refractivity contribution in [1.29, 1.82) is 0 Å². The van der Waals surface area contributed by atoms with Crippen molar-refractivity contribution < 1.29 is 0 Å². The number of nitrogens with zero attached hydrogens (tertiary/aromatic N) is 5. The maximum absolute atomic E-state index is 7.06. The molecule has 4 heterocycles. The molecule has 2 aliphatic heterocycles. The van der Waals surface area contributed by atoms with E-state index in [4.69, 9.17) is 28.8 Å². The van der Waals surface area contributed by atoms with Crippen LogP contribution in [0.2, 0.25) is 5.02 Å². The summed E-state index contributed by atoms with van der Waals surface area (Å²) in [6, 6.07) is 23.3. The Morgan fingerprint density at radius 3 is 2.26 bits per heavy atom. The van der Waals surface area contributed by atoms with Gasteiger partial charge in [-0.2, -0.15) is 0 Å². The molecule has 0 radical (unpaired) electrons. The van der Waals surface area contributed by atoms with Gasteiger partial charge in [0.2, 0.25) is 0 Å². The summed E-state index contributed by atoms with van der Waals surface area (Å²) >= 11 is 13.1. The summed E-state index contributed by atoms with van der Waals surface area (Å²) in [7, 11) is 4.13. The Morgan fingerprint density at radius 1 is 0.930 bits per heavy atom. The van der Waals surface area contributed by atoms with E-state index >= 15 is 0 Å². The molecule has 6 nitrogen and oxygen atoms in total. The lowest BCUT2D eigenvalue weighted by atomic mass is 9.91. The Morgan fingerprint density at radius 2 is 1.63 bits per heavy atom. The standard InChI is InChI=1S/C35H41ClN6S/c1-22-17-23(2)21-40(20-22)32-15-14-28(19-30(32)36)42-34(33(38-35(42)43)31-9-7-8-16-37-31)29-18-24(3)41(25(29)4)27-12-10-26(11-13-27)39(5)6/h7-16,18-19,22-23,33-34H,17,20-21H2,1-6H3,(H,38,43)/t22-,23-,33-,34+/m0/s1. The number of hydrogen-bond donors (Lipinski definition) is 1. The van der Waals surface area contributed by atoms with Crippen LogP contribution < -0.4 is 20.0 Å². The maximum Gasteiger partial charge on any atom is 0.174 e. The van der Waals surface area contributed by atoms with Gasteiger partial charge in [-0.05, 0) is 111 Å². The van der Waals surface area contributed by atoms with Gasteiger partial charge in [0.15, 0.2) is 5.11 Å². The molecule has 0 saturated carbocycles. The molecule has 6 rings (SSSR count). The molecule has 0 unspecified atom stereocenters. The molecule has 4 atom stereocenters. The van der Waals surface area contributed by atoms with Gasteiger partial charge in [0, 0.05) is 61.8 Å². The van der Waals surface area contributed by atoms with Gasteiger partial charge in [0.05, 0.1) is 28.5 Å². The summed E-state index contributed by atoms with van der Waals surface area (Å²) in [5.74, 6) is 1.29. The Balaban J connectivity index is 1.42. The first kappa shape index (κ1) is 29.5. The second-order valence-corrected chi connectivity index (χ2v) is 13.3. The quantitative estimate of drug-likeness (QED) is 0.223. The van der Waals surface area contributed by atoms with Gasteiger partial charge in [-0.25, -0.2) is 0 Å². The monoisotopic (exact) mass is 612 g/mol. The van der Waals surface area contributed by atoms with Gasteiger partial charge in [0.1, 0.15) is 0 Å². The molecule has 0 spiro atoms. The minimum absolute atomic E-state index is 0.111. The maximum atomic E-state index is 7.06. The van der Waals surface area contributed by atoms with Crippen LogP contribution in [-0.2, 0) is 0 Å². The van der Waals surface area contributed by atoms with Crippen LogP contribution in [0.25, 0.3) is 5.69 Å². The fourth-order valence-corrected chi connectivity index (χ4v) is 7.74. The molecule has 2 aromatic heterocycles. The minimum Gasteiger partial charge on any atom is -0.378 e. The number of halogens is 1. The fourth-order valence-electron chi connectivity index (χ4n) is 7.09. The van der Waals surface area contributed by atoms with Crippen LogP contribution in [0.5, 0.6) is 0 Å². The average Bonchev–Trinajstić information content (AvgIpc) is 3.47. The van der Waals surface area contributed by atoms with E-state index in [1.54, 1.807) is 0 Å². The zero-order valence-electron chi connectivity index (χ0n) is 25.9. The van der Waals surface area contributed by atoms with Gasteiger partial charge in [-0.1, -0.05) is 31.5 Å². The highest BCUT2D eigenvalue weighted by atomic mass is 35.5. The van der Waals surface area contributed by atoms with E-state index < -0.39 is 0 Å². The molecule has 0 amide bonds. The minimum atomic E-state index is -0.124. The van der Waals surface area contributed by atoms with Crippen molar-refractivity contribution in [2.24, 2.45) is 11.8 Å². The number of hydrogen-bond acceptors (Lipinski definition) is 4. The van der Waals surface area contributed by atoms with E-state index in [2.05, 4.69) is 121 Å². The predicted octanol–water partition coefficient (Wildman–Crippen LogP) is 7.87. The Bertz CT molecular complexity index is 1610. The van der Waals surface area contributed by atoms with Crippen molar-refractivity contribution in [3.63, 3.8) is 0 Å². The number of rotatable bonds is 6. The van der Waals surface area contributed by atoms with Gasteiger partial charge in [0.25, 0.3) is 0 Å². The SMILES string of the molecule is Cc1cc([C@@H]2[C@H](c3ccccn3)NC(=S)N2c2ccc(N3C[C@@H](C)C[C@H](C)C3)c(Cl)c2)c(C)n1-c1ccc(N(C)C)cc1. The average molecular weight is 613 g/mol. The second-order valence-electron chi connectivity index (χ2n) is 12.6. The van der Waals surface area contributed by atoms with Crippen LogP contribution >= 0.6 is 23.8 Å². The van der Waals surface area contributed by atoms with Crippen molar-refractivity contribution in [2.45, 2.75) is 46.2 Å². The number of benzene rings is 2. The van der Waals surface area contributed by atoms with E-state index in [9.17, 15) is 0 Å². The molecular weight excluding hydrogens is 572 g/mol. The summed E-state index contributed by atoms with van der Waals surface area (Å²) < 4.78 is 2.33. The molecule has 4 aromatic rings. The van der Waals surface area contributed by atoms with Crippen LogP contribution in [0.3, 0.4) is 0 Å². The lowest BCUT2D eigenvalue weighted by Crippen LogP contribution is -2.38. The second kappa shape index (κ2) is 11.9. The highest BCUT2D eigenvalue weighted by Gasteiger charge is 2.42. The largest absolute Gasteiger partial charge is 0.378 e. The number of pyridine rings is 1.